The van der Waals surface area contributed by atoms with Crippen LogP contribution >= 0.6 is 0 Å². The number of allylic oxidation sites excluding steroid dienone is 1. The fraction of sp³-hybridized carbons (Fsp3) is 0.318. The molecule has 0 saturated carbocycles. The van der Waals surface area contributed by atoms with Crippen LogP contribution in [-0.4, -0.2) is 43.3 Å². The second-order valence-corrected chi connectivity index (χ2v) is 6.68. The minimum absolute atomic E-state index is 0.133. The maximum absolute atomic E-state index is 13.0. The Labute approximate surface area is 159 Å². The summed E-state index contributed by atoms with van der Waals surface area (Å²) in [7, 11) is 0. The summed E-state index contributed by atoms with van der Waals surface area (Å²) in [5.74, 6) is -0.718. The third-order valence-electron chi connectivity index (χ3n) is 4.52. The number of esters is 1. The zero-order chi connectivity index (χ0) is 19.1. The van der Waals surface area contributed by atoms with Crippen molar-refractivity contribution in [3.05, 3.63) is 77.6 Å². The Morgan fingerprint density at radius 2 is 1.96 bits per heavy atom. The normalized spacial score (nSPS) is 18.3. The Balaban J connectivity index is 1.48. The molecule has 0 aromatic heterocycles. The van der Waals surface area contributed by atoms with Crippen molar-refractivity contribution in [1.82, 2.24) is 4.90 Å². The summed E-state index contributed by atoms with van der Waals surface area (Å²) >= 11 is 0. The lowest BCUT2D eigenvalue weighted by molar-refractivity contribution is -0.144. The van der Waals surface area contributed by atoms with Gasteiger partial charge in [-0.2, -0.15) is 0 Å². The van der Waals surface area contributed by atoms with E-state index in [2.05, 4.69) is 17.0 Å². The van der Waals surface area contributed by atoms with Crippen LogP contribution < -0.4 is 0 Å². The molecule has 142 valence electrons. The molecule has 2 aromatic carbocycles. The van der Waals surface area contributed by atoms with Crippen LogP contribution in [0.15, 0.2) is 60.7 Å². The van der Waals surface area contributed by atoms with Gasteiger partial charge in [-0.3, -0.25) is 4.90 Å². The molecule has 2 aromatic rings. The average Bonchev–Trinajstić information content (AvgIpc) is 2.68. The van der Waals surface area contributed by atoms with E-state index in [4.69, 9.17) is 9.47 Å². The van der Waals surface area contributed by atoms with E-state index in [9.17, 15) is 9.18 Å². The lowest BCUT2D eigenvalue weighted by Crippen LogP contribution is -2.44. The van der Waals surface area contributed by atoms with E-state index in [1.54, 1.807) is 19.1 Å². The molecule has 1 atom stereocenters. The first-order valence-corrected chi connectivity index (χ1v) is 9.09. The van der Waals surface area contributed by atoms with Gasteiger partial charge in [-0.05, 0) is 35.8 Å². The van der Waals surface area contributed by atoms with Crippen molar-refractivity contribution in [2.75, 3.05) is 26.3 Å². The van der Waals surface area contributed by atoms with E-state index in [0.717, 1.165) is 30.8 Å². The Bertz CT molecular complexity index is 774. The Morgan fingerprint density at radius 3 is 2.70 bits per heavy atom. The fourth-order valence-corrected chi connectivity index (χ4v) is 3.06. The van der Waals surface area contributed by atoms with Gasteiger partial charge < -0.3 is 9.47 Å². The van der Waals surface area contributed by atoms with Gasteiger partial charge in [-0.25, -0.2) is 9.18 Å². The zero-order valence-electron chi connectivity index (χ0n) is 15.4. The summed E-state index contributed by atoms with van der Waals surface area (Å²) in [5, 5.41) is 0. The summed E-state index contributed by atoms with van der Waals surface area (Å²) in [6.07, 6.45) is 1.29. The lowest BCUT2D eigenvalue weighted by Gasteiger charge is -2.32. The Kier molecular flexibility index (Phi) is 6.74. The van der Waals surface area contributed by atoms with E-state index < -0.39 is 5.97 Å². The van der Waals surface area contributed by atoms with Crippen LogP contribution in [0.3, 0.4) is 0 Å². The third-order valence-corrected chi connectivity index (χ3v) is 4.52. The van der Waals surface area contributed by atoms with Crippen LogP contribution in [0, 0.1) is 5.82 Å². The molecule has 0 aliphatic carbocycles. The van der Waals surface area contributed by atoms with Crippen molar-refractivity contribution >= 4 is 11.5 Å². The van der Waals surface area contributed by atoms with Crippen molar-refractivity contribution in [2.45, 2.75) is 19.6 Å². The fourth-order valence-electron chi connectivity index (χ4n) is 3.06. The molecule has 4 nitrogen and oxygen atoms in total. The van der Waals surface area contributed by atoms with Crippen LogP contribution in [0.25, 0.3) is 5.57 Å². The average molecular weight is 369 g/mol. The predicted molar refractivity (Wildman–Crippen MR) is 102 cm³/mol. The van der Waals surface area contributed by atoms with Crippen molar-refractivity contribution in [1.29, 1.82) is 0 Å². The van der Waals surface area contributed by atoms with E-state index in [0.29, 0.717) is 6.61 Å². The van der Waals surface area contributed by atoms with Crippen molar-refractivity contribution in [3.8, 4) is 0 Å². The molecule has 0 bridgehead atoms. The molecule has 0 N–H and O–H groups in total. The second-order valence-electron chi connectivity index (χ2n) is 6.68. The summed E-state index contributed by atoms with van der Waals surface area (Å²) in [5.41, 5.74) is 2.78. The van der Waals surface area contributed by atoms with Gasteiger partial charge in [0.15, 0.2) is 0 Å². The first-order valence-electron chi connectivity index (χ1n) is 9.09. The number of halogens is 1. The minimum atomic E-state index is -0.416. The van der Waals surface area contributed by atoms with E-state index >= 15 is 0 Å². The lowest BCUT2D eigenvalue weighted by atomic mass is 10.1. The molecule has 1 unspecified atom stereocenters. The van der Waals surface area contributed by atoms with Crippen LogP contribution in [0.4, 0.5) is 4.39 Å². The molecular formula is C22H24FNO3. The molecular weight excluding hydrogens is 345 g/mol. The molecule has 1 aliphatic rings. The SMILES string of the molecule is C/C(=C/C(=O)OCC1CN(Cc2ccccc2)CCO1)c1ccc(F)cc1. The Hall–Kier alpha value is -2.50. The molecule has 3 rings (SSSR count). The number of ether oxygens (including phenoxy) is 2. The molecule has 1 aliphatic heterocycles. The molecule has 0 spiro atoms. The molecule has 5 heteroatoms. The van der Waals surface area contributed by atoms with Gasteiger partial charge in [-0.15, -0.1) is 0 Å². The van der Waals surface area contributed by atoms with E-state index in [-0.39, 0.29) is 18.5 Å². The van der Waals surface area contributed by atoms with Crippen LogP contribution in [0.2, 0.25) is 0 Å². The van der Waals surface area contributed by atoms with Gasteiger partial charge in [-0.1, -0.05) is 42.5 Å². The van der Waals surface area contributed by atoms with Crippen molar-refractivity contribution in [3.63, 3.8) is 0 Å². The highest BCUT2D eigenvalue weighted by Crippen LogP contribution is 2.15. The van der Waals surface area contributed by atoms with Gasteiger partial charge >= 0.3 is 5.97 Å². The van der Waals surface area contributed by atoms with Gasteiger partial charge in [0.25, 0.3) is 0 Å². The number of carbonyl (C=O) groups excluding carboxylic acids is 1. The highest BCUT2D eigenvalue weighted by Gasteiger charge is 2.21. The number of nitrogens with zero attached hydrogens (tertiary/aromatic N) is 1. The molecule has 27 heavy (non-hydrogen) atoms. The second kappa shape index (κ2) is 9.44. The predicted octanol–water partition coefficient (Wildman–Crippen LogP) is 3.67. The monoisotopic (exact) mass is 369 g/mol. The number of carbonyl (C=O) groups is 1. The maximum Gasteiger partial charge on any atom is 0.331 e. The van der Waals surface area contributed by atoms with Crippen molar-refractivity contribution in [2.24, 2.45) is 0 Å². The van der Waals surface area contributed by atoms with Crippen LogP contribution in [0.1, 0.15) is 18.1 Å². The summed E-state index contributed by atoms with van der Waals surface area (Å²) in [6, 6.07) is 16.3. The van der Waals surface area contributed by atoms with Crippen molar-refractivity contribution < 1.29 is 18.7 Å². The smallest absolute Gasteiger partial charge is 0.331 e. The number of hydrogen-bond donors (Lipinski definition) is 0. The topological polar surface area (TPSA) is 38.8 Å². The summed E-state index contributed by atoms with van der Waals surface area (Å²) in [6.45, 7) is 5.09. The first-order chi connectivity index (χ1) is 13.1. The summed E-state index contributed by atoms with van der Waals surface area (Å²) in [4.78, 5) is 14.4. The largest absolute Gasteiger partial charge is 0.460 e. The van der Waals surface area contributed by atoms with Gasteiger partial charge in [0.1, 0.15) is 18.5 Å². The van der Waals surface area contributed by atoms with Gasteiger partial charge in [0.05, 0.1) is 6.61 Å². The zero-order valence-corrected chi connectivity index (χ0v) is 15.4. The Morgan fingerprint density at radius 1 is 1.22 bits per heavy atom. The van der Waals surface area contributed by atoms with Gasteiger partial charge in [0.2, 0.25) is 0 Å². The first kappa shape index (κ1) is 19.3. The number of morpholine rings is 1. The number of hydrogen-bond acceptors (Lipinski definition) is 4. The quantitative estimate of drug-likeness (QED) is 0.575. The van der Waals surface area contributed by atoms with E-state index in [1.807, 2.05) is 18.2 Å². The van der Waals surface area contributed by atoms with Crippen LogP contribution in [-0.2, 0) is 20.8 Å². The maximum atomic E-state index is 13.0. The standard InChI is InChI=1S/C22H24FNO3/c1-17(19-7-9-20(23)10-8-19)13-22(25)27-16-21-15-24(11-12-26-21)14-18-5-3-2-4-6-18/h2-10,13,21H,11-12,14-16H2,1H3/b17-13-. The molecule has 1 fully saturated rings. The highest BCUT2D eigenvalue weighted by atomic mass is 19.1. The number of rotatable bonds is 6. The minimum Gasteiger partial charge on any atom is -0.460 e. The van der Waals surface area contributed by atoms with Crippen LogP contribution in [0.5, 0.6) is 0 Å². The van der Waals surface area contributed by atoms with Gasteiger partial charge in [0, 0.05) is 25.7 Å². The molecule has 1 heterocycles. The number of benzene rings is 2. The molecule has 1 saturated heterocycles. The molecule has 0 amide bonds. The van der Waals surface area contributed by atoms with E-state index in [1.165, 1.54) is 23.8 Å². The third kappa shape index (κ3) is 6.01. The molecule has 0 radical (unpaired) electrons. The highest BCUT2D eigenvalue weighted by molar-refractivity contribution is 5.90. The summed E-state index contributed by atoms with van der Waals surface area (Å²) < 4.78 is 24.1.